The van der Waals surface area contributed by atoms with Gasteiger partial charge in [-0.2, -0.15) is 0 Å². The van der Waals surface area contributed by atoms with Crippen LogP contribution in [0.4, 0.5) is 0 Å². The van der Waals surface area contributed by atoms with Crippen LogP contribution in [0.15, 0.2) is 48.9 Å². The SMILES string of the molecule is c1ccc(CCOc2ncnc3[nH]ccc23)cc1. The van der Waals surface area contributed by atoms with E-state index in [0.717, 1.165) is 17.5 Å². The van der Waals surface area contributed by atoms with Crippen molar-refractivity contribution in [1.29, 1.82) is 0 Å². The number of hydrogen-bond acceptors (Lipinski definition) is 3. The molecule has 0 unspecified atom stereocenters. The van der Waals surface area contributed by atoms with Crippen molar-refractivity contribution < 1.29 is 4.74 Å². The van der Waals surface area contributed by atoms with Crippen LogP contribution in [-0.2, 0) is 6.42 Å². The number of aromatic nitrogens is 3. The van der Waals surface area contributed by atoms with Crippen LogP contribution in [0.1, 0.15) is 5.56 Å². The number of H-pyrrole nitrogens is 1. The molecule has 18 heavy (non-hydrogen) atoms. The zero-order chi connectivity index (χ0) is 12.2. The van der Waals surface area contributed by atoms with Gasteiger partial charge in [-0.3, -0.25) is 0 Å². The molecule has 0 spiro atoms. The minimum atomic E-state index is 0.612. The van der Waals surface area contributed by atoms with Crippen molar-refractivity contribution in [3.8, 4) is 5.88 Å². The van der Waals surface area contributed by atoms with Gasteiger partial charge in [0.15, 0.2) is 0 Å². The number of nitrogens with one attached hydrogen (secondary N) is 1. The Morgan fingerprint density at radius 2 is 1.94 bits per heavy atom. The standard InChI is InChI=1S/C14H13N3O/c1-2-4-11(5-3-1)7-9-18-14-12-6-8-15-13(12)16-10-17-14/h1-6,8,10H,7,9H2,(H,15,16,17). The predicted molar refractivity (Wildman–Crippen MR) is 69.5 cm³/mol. The second kappa shape index (κ2) is 4.87. The lowest BCUT2D eigenvalue weighted by molar-refractivity contribution is 0.313. The van der Waals surface area contributed by atoms with Gasteiger partial charge in [-0.15, -0.1) is 0 Å². The largest absolute Gasteiger partial charge is 0.477 e. The van der Waals surface area contributed by atoms with E-state index in [1.54, 1.807) is 0 Å². The molecule has 2 heterocycles. The predicted octanol–water partition coefficient (Wildman–Crippen LogP) is 2.58. The number of hydrogen-bond donors (Lipinski definition) is 1. The quantitative estimate of drug-likeness (QED) is 0.761. The molecule has 0 aliphatic heterocycles. The Hall–Kier alpha value is -2.36. The van der Waals surface area contributed by atoms with E-state index in [1.165, 1.54) is 11.9 Å². The van der Waals surface area contributed by atoms with E-state index >= 15 is 0 Å². The maximum Gasteiger partial charge on any atom is 0.226 e. The highest BCUT2D eigenvalue weighted by molar-refractivity contribution is 5.80. The summed E-state index contributed by atoms with van der Waals surface area (Å²) in [5.74, 6) is 0.636. The van der Waals surface area contributed by atoms with Gasteiger partial charge in [0.25, 0.3) is 0 Å². The molecule has 0 saturated carbocycles. The Kier molecular flexibility index (Phi) is 2.92. The summed E-state index contributed by atoms with van der Waals surface area (Å²) in [5.41, 5.74) is 2.07. The lowest BCUT2D eigenvalue weighted by Gasteiger charge is -2.05. The van der Waals surface area contributed by atoms with Crippen molar-refractivity contribution in [3.63, 3.8) is 0 Å². The summed E-state index contributed by atoms with van der Waals surface area (Å²) < 4.78 is 5.71. The topological polar surface area (TPSA) is 50.8 Å². The molecule has 90 valence electrons. The van der Waals surface area contributed by atoms with Crippen LogP contribution in [0.25, 0.3) is 11.0 Å². The van der Waals surface area contributed by atoms with Crippen LogP contribution in [0, 0.1) is 0 Å². The van der Waals surface area contributed by atoms with E-state index in [-0.39, 0.29) is 0 Å². The maximum atomic E-state index is 5.71. The minimum absolute atomic E-state index is 0.612. The van der Waals surface area contributed by atoms with Crippen molar-refractivity contribution in [2.24, 2.45) is 0 Å². The van der Waals surface area contributed by atoms with Gasteiger partial charge in [-0.1, -0.05) is 30.3 Å². The molecule has 2 aromatic heterocycles. The van der Waals surface area contributed by atoms with Crippen molar-refractivity contribution in [3.05, 3.63) is 54.5 Å². The summed E-state index contributed by atoms with van der Waals surface area (Å²) in [7, 11) is 0. The molecular formula is C14H13N3O. The zero-order valence-corrected chi connectivity index (χ0v) is 9.84. The normalized spacial score (nSPS) is 10.7. The van der Waals surface area contributed by atoms with Crippen LogP contribution in [0.2, 0.25) is 0 Å². The zero-order valence-electron chi connectivity index (χ0n) is 9.84. The van der Waals surface area contributed by atoms with Crippen LogP contribution in [-0.4, -0.2) is 21.6 Å². The Morgan fingerprint density at radius 1 is 1.06 bits per heavy atom. The summed E-state index contributed by atoms with van der Waals surface area (Å²) in [4.78, 5) is 11.3. The Bertz CT molecular complexity index is 634. The highest BCUT2D eigenvalue weighted by Crippen LogP contribution is 2.19. The molecule has 0 fully saturated rings. The molecule has 4 heteroatoms. The highest BCUT2D eigenvalue weighted by Gasteiger charge is 2.04. The first-order valence-corrected chi connectivity index (χ1v) is 5.88. The smallest absolute Gasteiger partial charge is 0.226 e. The molecule has 1 N–H and O–H groups in total. The lowest BCUT2D eigenvalue weighted by Crippen LogP contribution is -2.03. The lowest BCUT2D eigenvalue weighted by atomic mass is 10.2. The number of ether oxygens (including phenoxy) is 1. The van der Waals surface area contributed by atoms with Gasteiger partial charge in [-0.25, -0.2) is 9.97 Å². The second-order valence-electron chi connectivity index (χ2n) is 4.00. The third-order valence-electron chi connectivity index (χ3n) is 2.79. The molecule has 0 saturated heterocycles. The second-order valence-corrected chi connectivity index (χ2v) is 4.00. The number of aromatic amines is 1. The molecule has 3 aromatic rings. The average molecular weight is 239 g/mol. The van der Waals surface area contributed by atoms with Crippen LogP contribution >= 0.6 is 0 Å². The van der Waals surface area contributed by atoms with Crippen molar-refractivity contribution in [1.82, 2.24) is 15.0 Å². The summed E-state index contributed by atoms with van der Waals surface area (Å²) in [5, 5.41) is 0.922. The van der Waals surface area contributed by atoms with Gasteiger partial charge in [-0.05, 0) is 11.6 Å². The fourth-order valence-corrected chi connectivity index (χ4v) is 1.87. The molecule has 0 radical (unpaired) electrons. The number of nitrogens with zero attached hydrogens (tertiary/aromatic N) is 2. The first-order valence-electron chi connectivity index (χ1n) is 5.88. The van der Waals surface area contributed by atoms with E-state index < -0.39 is 0 Å². The van der Waals surface area contributed by atoms with E-state index in [4.69, 9.17) is 4.74 Å². The number of fused-ring (bicyclic) bond motifs is 1. The van der Waals surface area contributed by atoms with Crippen molar-refractivity contribution in [2.45, 2.75) is 6.42 Å². The monoisotopic (exact) mass is 239 g/mol. The van der Waals surface area contributed by atoms with E-state index in [1.807, 2.05) is 30.5 Å². The Balaban J connectivity index is 1.68. The Labute approximate surface area is 105 Å². The van der Waals surface area contributed by atoms with Gasteiger partial charge in [0, 0.05) is 12.6 Å². The average Bonchev–Trinajstić information content (AvgIpc) is 2.89. The highest BCUT2D eigenvalue weighted by atomic mass is 16.5. The fraction of sp³-hybridized carbons (Fsp3) is 0.143. The van der Waals surface area contributed by atoms with E-state index in [2.05, 4.69) is 27.1 Å². The van der Waals surface area contributed by atoms with Gasteiger partial charge in [0.1, 0.15) is 12.0 Å². The summed E-state index contributed by atoms with van der Waals surface area (Å²) >= 11 is 0. The van der Waals surface area contributed by atoms with E-state index in [0.29, 0.717) is 12.5 Å². The molecule has 0 aliphatic carbocycles. The van der Waals surface area contributed by atoms with Gasteiger partial charge >= 0.3 is 0 Å². The van der Waals surface area contributed by atoms with Crippen LogP contribution in [0.5, 0.6) is 5.88 Å². The molecule has 4 nitrogen and oxygen atoms in total. The Morgan fingerprint density at radius 3 is 2.83 bits per heavy atom. The fourth-order valence-electron chi connectivity index (χ4n) is 1.87. The van der Waals surface area contributed by atoms with E-state index in [9.17, 15) is 0 Å². The first-order chi connectivity index (χ1) is 8.93. The summed E-state index contributed by atoms with van der Waals surface area (Å²) in [6, 6.07) is 12.2. The first kappa shape index (κ1) is 10.8. The molecule has 0 amide bonds. The summed E-state index contributed by atoms with van der Waals surface area (Å²) in [6.45, 7) is 0.612. The minimum Gasteiger partial charge on any atom is -0.477 e. The summed E-state index contributed by atoms with van der Waals surface area (Å²) in [6.07, 6.45) is 4.22. The maximum absolute atomic E-state index is 5.71. The van der Waals surface area contributed by atoms with Gasteiger partial charge in [0.2, 0.25) is 5.88 Å². The molecule has 1 aromatic carbocycles. The molecule has 0 aliphatic rings. The molecular weight excluding hydrogens is 226 g/mol. The van der Waals surface area contributed by atoms with Crippen molar-refractivity contribution >= 4 is 11.0 Å². The van der Waals surface area contributed by atoms with Gasteiger partial charge in [0.05, 0.1) is 12.0 Å². The number of benzene rings is 1. The number of rotatable bonds is 4. The van der Waals surface area contributed by atoms with Gasteiger partial charge < -0.3 is 9.72 Å². The molecule has 0 bridgehead atoms. The third-order valence-corrected chi connectivity index (χ3v) is 2.79. The van der Waals surface area contributed by atoms with Crippen LogP contribution < -0.4 is 4.74 Å². The van der Waals surface area contributed by atoms with Crippen LogP contribution in [0.3, 0.4) is 0 Å². The molecule has 0 atom stereocenters. The molecule has 3 rings (SSSR count). The van der Waals surface area contributed by atoms with Crippen molar-refractivity contribution in [2.75, 3.05) is 6.61 Å². The third kappa shape index (κ3) is 2.18.